The third kappa shape index (κ3) is 3.24. The Bertz CT molecular complexity index is 480. The van der Waals surface area contributed by atoms with E-state index in [1.54, 1.807) is 12.1 Å². The zero-order valence-electron chi connectivity index (χ0n) is 10.2. The van der Waals surface area contributed by atoms with Gasteiger partial charge in [0.2, 0.25) is 0 Å². The second-order valence-corrected chi connectivity index (χ2v) is 5.71. The van der Waals surface area contributed by atoms with Crippen LogP contribution in [-0.2, 0) is 9.53 Å². The summed E-state index contributed by atoms with van der Waals surface area (Å²) in [7, 11) is 0. The smallest absolute Gasteiger partial charge is 0.329 e. The van der Waals surface area contributed by atoms with Crippen molar-refractivity contribution in [2.75, 3.05) is 13.2 Å². The molecule has 1 aliphatic heterocycles. The minimum absolute atomic E-state index is 0.290. The Balaban J connectivity index is 2.15. The van der Waals surface area contributed by atoms with Crippen LogP contribution in [-0.4, -0.2) is 35.7 Å². The molecule has 0 spiro atoms. The Kier molecular flexibility index (Phi) is 4.41. The van der Waals surface area contributed by atoms with Crippen molar-refractivity contribution in [1.29, 1.82) is 0 Å². The zero-order valence-corrected chi connectivity index (χ0v) is 12.3. The van der Waals surface area contributed by atoms with Crippen LogP contribution in [0, 0.1) is 3.57 Å². The summed E-state index contributed by atoms with van der Waals surface area (Å²) >= 11 is 2.15. The number of benzene rings is 1. The maximum atomic E-state index is 12.1. The Morgan fingerprint density at radius 2 is 1.79 bits per heavy atom. The SMILES string of the molecule is O=C(NC1(C(=O)O)CCOCC1)c1ccc(I)cc1. The Hall–Kier alpha value is -1.15. The van der Waals surface area contributed by atoms with Crippen LogP contribution in [0.3, 0.4) is 0 Å². The molecule has 2 N–H and O–H groups in total. The molecule has 1 aromatic carbocycles. The molecule has 5 nitrogen and oxygen atoms in total. The molecule has 1 heterocycles. The highest BCUT2D eigenvalue weighted by Crippen LogP contribution is 2.22. The van der Waals surface area contributed by atoms with E-state index in [4.69, 9.17) is 4.74 Å². The predicted molar refractivity (Wildman–Crippen MR) is 77.0 cm³/mol. The van der Waals surface area contributed by atoms with Crippen molar-refractivity contribution in [2.45, 2.75) is 18.4 Å². The number of carbonyl (C=O) groups excluding carboxylic acids is 1. The van der Waals surface area contributed by atoms with Crippen LogP contribution in [0.4, 0.5) is 0 Å². The minimum atomic E-state index is -1.21. The number of carboxylic acid groups (broad SMARTS) is 1. The number of hydrogen-bond acceptors (Lipinski definition) is 3. The van der Waals surface area contributed by atoms with Crippen molar-refractivity contribution >= 4 is 34.5 Å². The van der Waals surface area contributed by atoms with Crippen LogP contribution >= 0.6 is 22.6 Å². The first-order chi connectivity index (χ1) is 9.03. The van der Waals surface area contributed by atoms with E-state index in [9.17, 15) is 14.7 Å². The Labute approximate surface area is 124 Å². The van der Waals surface area contributed by atoms with Crippen LogP contribution in [0.2, 0.25) is 0 Å². The molecule has 6 heteroatoms. The summed E-state index contributed by atoms with van der Waals surface area (Å²) in [6.07, 6.45) is 0.580. The van der Waals surface area contributed by atoms with Gasteiger partial charge in [0.25, 0.3) is 5.91 Å². The number of carboxylic acids is 1. The lowest BCUT2D eigenvalue weighted by Crippen LogP contribution is -2.57. The Morgan fingerprint density at radius 1 is 1.21 bits per heavy atom. The number of hydrogen-bond donors (Lipinski definition) is 2. The summed E-state index contributed by atoms with van der Waals surface area (Å²) in [5.74, 6) is -1.37. The minimum Gasteiger partial charge on any atom is -0.480 e. The third-order valence-corrected chi connectivity index (χ3v) is 3.93. The molecule has 0 aliphatic carbocycles. The highest BCUT2D eigenvalue weighted by molar-refractivity contribution is 14.1. The molecule has 0 saturated carbocycles. The van der Waals surface area contributed by atoms with E-state index in [1.165, 1.54) is 0 Å². The number of rotatable bonds is 3. The van der Waals surface area contributed by atoms with Gasteiger partial charge in [-0.25, -0.2) is 4.79 Å². The molecule has 2 rings (SSSR count). The fourth-order valence-electron chi connectivity index (χ4n) is 2.00. The molecular formula is C13H14INO4. The molecular weight excluding hydrogens is 361 g/mol. The van der Waals surface area contributed by atoms with Crippen LogP contribution in [0.15, 0.2) is 24.3 Å². The van der Waals surface area contributed by atoms with Crippen molar-refractivity contribution in [3.05, 3.63) is 33.4 Å². The lowest BCUT2D eigenvalue weighted by atomic mass is 9.89. The normalized spacial score (nSPS) is 17.7. The van der Waals surface area contributed by atoms with E-state index in [-0.39, 0.29) is 5.91 Å². The number of carbonyl (C=O) groups is 2. The first kappa shape index (κ1) is 14.3. The molecule has 1 amide bonds. The molecule has 1 aromatic rings. The lowest BCUT2D eigenvalue weighted by molar-refractivity contribution is -0.148. The average Bonchev–Trinajstić information content (AvgIpc) is 2.40. The quantitative estimate of drug-likeness (QED) is 0.788. The summed E-state index contributed by atoms with van der Waals surface area (Å²) in [4.78, 5) is 23.5. The summed E-state index contributed by atoms with van der Waals surface area (Å²) in [5.41, 5.74) is -0.745. The number of amides is 1. The van der Waals surface area contributed by atoms with Crippen molar-refractivity contribution in [3.8, 4) is 0 Å². The number of ether oxygens (including phenoxy) is 1. The van der Waals surface area contributed by atoms with Crippen LogP contribution in [0.5, 0.6) is 0 Å². The van der Waals surface area contributed by atoms with Crippen molar-refractivity contribution in [1.82, 2.24) is 5.32 Å². The molecule has 0 atom stereocenters. The second kappa shape index (κ2) is 5.87. The number of aliphatic carboxylic acids is 1. The predicted octanol–water partition coefficient (Wildman–Crippen LogP) is 1.65. The first-order valence-electron chi connectivity index (χ1n) is 5.93. The largest absolute Gasteiger partial charge is 0.480 e. The van der Waals surface area contributed by atoms with E-state index in [2.05, 4.69) is 27.9 Å². The van der Waals surface area contributed by atoms with Crippen LogP contribution < -0.4 is 5.32 Å². The van der Waals surface area contributed by atoms with Gasteiger partial charge in [-0.3, -0.25) is 4.79 Å². The summed E-state index contributed by atoms with van der Waals surface area (Å²) in [6, 6.07) is 7.00. The fourth-order valence-corrected chi connectivity index (χ4v) is 2.36. The number of nitrogens with one attached hydrogen (secondary N) is 1. The maximum Gasteiger partial charge on any atom is 0.329 e. The molecule has 0 aromatic heterocycles. The topological polar surface area (TPSA) is 75.6 Å². The third-order valence-electron chi connectivity index (χ3n) is 3.21. The van der Waals surface area contributed by atoms with Crippen molar-refractivity contribution in [3.63, 3.8) is 0 Å². The van der Waals surface area contributed by atoms with Gasteiger partial charge in [-0.15, -0.1) is 0 Å². The monoisotopic (exact) mass is 375 g/mol. The van der Waals surface area contributed by atoms with Gasteiger partial charge in [0.05, 0.1) is 0 Å². The molecule has 1 aliphatic rings. The van der Waals surface area contributed by atoms with Crippen LogP contribution in [0.1, 0.15) is 23.2 Å². The molecule has 1 fully saturated rings. The van der Waals surface area contributed by atoms with Gasteiger partial charge < -0.3 is 15.2 Å². The lowest BCUT2D eigenvalue weighted by Gasteiger charge is -2.33. The zero-order chi connectivity index (χ0) is 13.9. The summed E-state index contributed by atoms with van der Waals surface area (Å²) in [5, 5.41) is 12.0. The summed E-state index contributed by atoms with van der Waals surface area (Å²) in [6.45, 7) is 0.693. The van der Waals surface area contributed by atoms with E-state index in [1.807, 2.05) is 12.1 Å². The number of halogens is 1. The summed E-state index contributed by atoms with van der Waals surface area (Å²) < 4.78 is 6.18. The van der Waals surface area contributed by atoms with Gasteiger partial charge in [0, 0.05) is 35.2 Å². The standard InChI is InChI=1S/C13H14INO4/c14-10-3-1-9(2-4-10)11(16)15-13(12(17)18)5-7-19-8-6-13/h1-4H,5-8H2,(H,15,16)(H,17,18). The van der Waals surface area contributed by atoms with Gasteiger partial charge in [-0.1, -0.05) is 0 Å². The molecule has 0 radical (unpaired) electrons. The van der Waals surface area contributed by atoms with Gasteiger partial charge in [0.15, 0.2) is 0 Å². The Morgan fingerprint density at radius 3 is 2.32 bits per heavy atom. The highest BCUT2D eigenvalue weighted by atomic mass is 127. The molecule has 0 bridgehead atoms. The fraction of sp³-hybridized carbons (Fsp3) is 0.385. The van der Waals surface area contributed by atoms with E-state index in [0.717, 1.165) is 3.57 Å². The van der Waals surface area contributed by atoms with Gasteiger partial charge in [0.1, 0.15) is 5.54 Å². The van der Waals surface area contributed by atoms with Crippen molar-refractivity contribution < 1.29 is 19.4 Å². The van der Waals surface area contributed by atoms with E-state index < -0.39 is 11.5 Å². The van der Waals surface area contributed by atoms with Crippen molar-refractivity contribution in [2.24, 2.45) is 0 Å². The highest BCUT2D eigenvalue weighted by Gasteiger charge is 2.41. The van der Waals surface area contributed by atoms with Gasteiger partial charge in [-0.2, -0.15) is 0 Å². The van der Waals surface area contributed by atoms with Gasteiger partial charge >= 0.3 is 5.97 Å². The molecule has 102 valence electrons. The molecule has 0 unspecified atom stereocenters. The molecule has 1 saturated heterocycles. The average molecular weight is 375 g/mol. The first-order valence-corrected chi connectivity index (χ1v) is 7.01. The van der Waals surface area contributed by atoms with Crippen LogP contribution in [0.25, 0.3) is 0 Å². The van der Waals surface area contributed by atoms with Gasteiger partial charge in [-0.05, 0) is 46.9 Å². The second-order valence-electron chi connectivity index (χ2n) is 4.46. The maximum absolute atomic E-state index is 12.1. The van der Waals surface area contributed by atoms with E-state index in [0.29, 0.717) is 31.6 Å². The molecule has 19 heavy (non-hydrogen) atoms. The van der Waals surface area contributed by atoms with E-state index >= 15 is 0 Å².